The van der Waals surface area contributed by atoms with Crippen molar-refractivity contribution < 1.29 is 0 Å². The highest BCUT2D eigenvalue weighted by Crippen LogP contribution is 2.33. The maximum absolute atomic E-state index is 4.33. The summed E-state index contributed by atoms with van der Waals surface area (Å²) in [5.74, 6) is 1.18. The second-order valence-electron chi connectivity index (χ2n) is 4.40. The smallest absolute Gasteiger partial charge is 0.140 e. The number of hydrogen-bond acceptors (Lipinski definition) is 3. The topological polar surface area (TPSA) is 42.7 Å². The summed E-state index contributed by atoms with van der Waals surface area (Å²) in [6.07, 6.45) is 5.46. The van der Waals surface area contributed by atoms with E-state index < -0.39 is 0 Å². The molecule has 0 bridgehead atoms. The van der Waals surface area contributed by atoms with Gasteiger partial charge in [0.15, 0.2) is 0 Å². The predicted molar refractivity (Wildman–Crippen MR) is 59.8 cm³/mol. The first-order valence-electron chi connectivity index (χ1n) is 5.91. The van der Waals surface area contributed by atoms with Gasteiger partial charge in [0.2, 0.25) is 0 Å². The standard InChI is InChI=1S/C11H20N4/c1-3-5-11(6-7-12-8-11)10-14-13-9-15(10)4-2/h9,12H,3-8H2,1-2H3. The Kier molecular flexibility index (Phi) is 3.05. The van der Waals surface area contributed by atoms with Crippen LogP contribution in [0.3, 0.4) is 0 Å². The number of nitrogens with one attached hydrogen (secondary N) is 1. The molecule has 4 heteroatoms. The lowest BCUT2D eigenvalue weighted by Crippen LogP contribution is -2.32. The van der Waals surface area contributed by atoms with Crippen LogP contribution < -0.4 is 5.32 Å². The minimum absolute atomic E-state index is 0.237. The van der Waals surface area contributed by atoms with Crippen molar-refractivity contribution in [2.75, 3.05) is 13.1 Å². The zero-order valence-electron chi connectivity index (χ0n) is 9.66. The van der Waals surface area contributed by atoms with Crippen molar-refractivity contribution in [2.24, 2.45) is 0 Å². The number of hydrogen-bond donors (Lipinski definition) is 1. The van der Waals surface area contributed by atoms with Crippen LogP contribution in [0.1, 0.15) is 38.9 Å². The molecule has 1 saturated heterocycles. The maximum atomic E-state index is 4.33. The van der Waals surface area contributed by atoms with Gasteiger partial charge in [-0.15, -0.1) is 10.2 Å². The molecule has 1 aromatic rings. The molecular formula is C11H20N4. The van der Waals surface area contributed by atoms with E-state index in [1.807, 2.05) is 6.33 Å². The van der Waals surface area contributed by atoms with Gasteiger partial charge in [0.25, 0.3) is 0 Å². The van der Waals surface area contributed by atoms with Gasteiger partial charge in [0.1, 0.15) is 12.2 Å². The van der Waals surface area contributed by atoms with E-state index in [-0.39, 0.29) is 5.41 Å². The van der Waals surface area contributed by atoms with Gasteiger partial charge < -0.3 is 9.88 Å². The molecular weight excluding hydrogens is 188 g/mol. The van der Waals surface area contributed by atoms with Crippen LogP contribution in [0.25, 0.3) is 0 Å². The van der Waals surface area contributed by atoms with E-state index in [9.17, 15) is 0 Å². The van der Waals surface area contributed by atoms with E-state index in [0.29, 0.717) is 0 Å². The summed E-state index contributed by atoms with van der Waals surface area (Å²) in [7, 11) is 0. The van der Waals surface area contributed by atoms with Crippen molar-refractivity contribution >= 4 is 0 Å². The van der Waals surface area contributed by atoms with Crippen LogP contribution in [0.5, 0.6) is 0 Å². The average Bonchev–Trinajstić information content (AvgIpc) is 2.85. The van der Waals surface area contributed by atoms with Crippen molar-refractivity contribution in [3.8, 4) is 0 Å². The molecule has 1 unspecified atom stereocenters. The third kappa shape index (κ3) is 1.78. The average molecular weight is 208 g/mol. The number of aryl methyl sites for hydroxylation is 1. The van der Waals surface area contributed by atoms with Gasteiger partial charge in [-0.05, 0) is 26.3 Å². The zero-order chi connectivity index (χ0) is 10.7. The molecule has 84 valence electrons. The van der Waals surface area contributed by atoms with Crippen molar-refractivity contribution in [1.29, 1.82) is 0 Å². The van der Waals surface area contributed by atoms with Gasteiger partial charge in [-0.2, -0.15) is 0 Å². The Bertz CT molecular complexity index is 312. The molecule has 0 aliphatic carbocycles. The maximum Gasteiger partial charge on any atom is 0.140 e. The zero-order valence-corrected chi connectivity index (χ0v) is 9.66. The highest BCUT2D eigenvalue weighted by Gasteiger charge is 2.38. The first-order chi connectivity index (χ1) is 7.32. The lowest BCUT2D eigenvalue weighted by atomic mass is 9.81. The number of rotatable bonds is 4. The van der Waals surface area contributed by atoms with E-state index in [0.717, 1.165) is 19.6 Å². The molecule has 1 atom stereocenters. The largest absolute Gasteiger partial charge is 0.317 e. The molecule has 4 nitrogen and oxygen atoms in total. The lowest BCUT2D eigenvalue weighted by Gasteiger charge is -2.26. The minimum Gasteiger partial charge on any atom is -0.317 e. The molecule has 2 rings (SSSR count). The highest BCUT2D eigenvalue weighted by atomic mass is 15.3. The normalized spacial score (nSPS) is 26.0. The van der Waals surface area contributed by atoms with Crippen LogP contribution in [0.2, 0.25) is 0 Å². The quantitative estimate of drug-likeness (QED) is 0.811. The SMILES string of the molecule is CCCC1(c2nncn2CC)CCNC1. The molecule has 15 heavy (non-hydrogen) atoms. The van der Waals surface area contributed by atoms with E-state index >= 15 is 0 Å². The summed E-state index contributed by atoms with van der Waals surface area (Å²) >= 11 is 0. The van der Waals surface area contributed by atoms with E-state index in [1.54, 1.807) is 0 Å². The van der Waals surface area contributed by atoms with Gasteiger partial charge in [-0.25, -0.2) is 0 Å². The molecule has 1 aliphatic rings. The monoisotopic (exact) mass is 208 g/mol. The summed E-state index contributed by atoms with van der Waals surface area (Å²) < 4.78 is 2.18. The molecule has 0 saturated carbocycles. The molecule has 0 spiro atoms. The second-order valence-corrected chi connectivity index (χ2v) is 4.40. The van der Waals surface area contributed by atoms with Crippen molar-refractivity contribution in [1.82, 2.24) is 20.1 Å². The Labute approximate surface area is 91.1 Å². The van der Waals surface area contributed by atoms with Crippen LogP contribution in [0, 0.1) is 0 Å². The Morgan fingerprint density at radius 3 is 3.00 bits per heavy atom. The first-order valence-corrected chi connectivity index (χ1v) is 5.91. The van der Waals surface area contributed by atoms with E-state index in [1.165, 1.54) is 25.1 Å². The summed E-state index contributed by atoms with van der Waals surface area (Å²) in [4.78, 5) is 0. The van der Waals surface area contributed by atoms with Crippen LogP contribution in [0.15, 0.2) is 6.33 Å². The molecule has 0 amide bonds. The van der Waals surface area contributed by atoms with Crippen LogP contribution >= 0.6 is 0 Å². The summed E-state index contributed by atoms with van der Waals surface area (Å²) in [5, 5.41) is 11.8. The third-order valence-corrected chi connectivity index (χ3v) is 3.40. The van der Waals surface area contributed by atoms with Crippen LogP contribution in [-0.4, -0.2) is 27.9 Å². The van der Waals surface area contributed by atoms with Gasteiger partial charge in [-0.3, -0.25) is 0 Å². The summed E-state index contributed by atoms with van der Waals surface area (Å²) in [6, 6.07) is 0. The van der Waals surface area contributed by atoms with Gasteiger partial charge >= 0.3 is 0 Å². The molecule has 0 radical (unpaired) electrons. The molecule has 1 aliphatic heterocycles. The van der Waals surface area contributed by atoms with Gasteiger partial charge in [0, 0.05) is 18.5 Å². The molecule has 1 fully saturated rings. The summed E-state index contributed by atoms with van der Waals surface area (Å²) in [6.45, 7) is 7.52. The molecule has 2 heterocycles. The second kappa shape index (κ2) is 4.31. The Balaban J connectivity index is 2.31. The molecule has 1 N–H and O–H groups in total. The summed E-state index contributed by atoms with van der Waals surface area (Å²) in [5.41, 5.74) is 0.237. The van der Waals surface area contributed by atoms with Crippen molar-refractivity contribution in [2.45, 2.75) is 45.1 Å². The fourth-order valence-corrected chi connectivity index (χ4v) is 2.64. The van der Waals surface area contributed by atoms with Gasteiger partial charge in [0.05, 0.1) is 0 Å². The van der Waals surface area contributed by atoms with E-state index in [2.05, 4.69) is 33.9 Å². The predicted octanol–water partition coefficient (Wildman–Crippen LogP) is 1.33. The van der Waals surface area contributed by atoms with Gasteiger partial charge in [-0.1, -0.05) is 13.3 Å². The Morgan fingerprint density at radius 1 is 1.53 bits per heavy atom. The van der Waals surface area contributed by atoms with Crippen LogP contribution in [-0.2, 0) is 12.0 Å². The highest BCUT2D eigenvalue weighted by molar-refractivity contribution is 5.12. The van der Waals surface area contributed by atoms with Crippen LogP contribution in [0.4, 0.5) is 0 Å². The fraction of sp³-hybridized carbons (Fsp3) is 0.818. The fourth-order valence-electron chi connectivity index (χ4n) is 2.64. The van der Waals surface area contributed by atoms with Crippen molar-refractivity contribution in [3.63, 3.8) is 0 Å². The van der Waals surface area contributed by atoms with E-state index in [4.69, 9.17) is 0 Å². The minimum atomic E-state index is 0.237. The Morgan fingerprint density at radius 2 is 2.40 bits per heavy atom. The third-order valence-electron chi connectivity index (χ3n) is 3.40. The first kappa shape index (κ1) is 10.6. The number of aromatic nitrogens is 3. The number of nitrogens with zero attached hydrogens (tertiary/aromatic N) is 3. The lowest BCUT2D eigenvalue weighted by molar-refractivity contribution is 0.384. The Hall–Kier alpha value is -0.900. The molecule has 1 aromatic heterocycles. The molecule has 0 aromatic carbocycles. The van der Waals surface area contributed by atoms with Crippen molar-refractivity contribution in [3.05, 3.63) is 12.2 Å².